The zero-order valence-electron chi connectivity index (χ0n) is 12.4. The SMILES string of the molecule is Cc1ccc(N2C(=O)C[C@@H](SC[C@@H](N)C(=O)O)C2=O)c(C)c1. The highest BCUT2D eigenvalue weighted by Gasteiger charge is 2.40. The Morgan fingerprint density at radius 1 is 1.45 bits per heavy atom. The molecule has 2 rings (SSSR count). The van der Waals surface area contributed by atoms with Crippen molar-refractivity contribution in [2.45, 2.75) is 31.6 Å². The Morgan fingerprint density at radius 3 is 2.73 bits per heavy atom. The minimum atomic E-state index is -1.12. The topological polar surface area (TPSA) is 101 Å². The normalized spacial score (nSPS) is 19.6. The van der Waals surface area contributed by atoms with Crippen molar-refractivity contribution in [1.29, 1.82) is 0 Å². The Bertz CT molecular complexity index is 632. The van der Waals surface area contributed by atoms with E-state index in [0.29, 0.717) is 5.69 Å². The fourth-order valence-corrected chi connectivity index (χ4v) is 3.43. The number of nitrogens with two attached hydrogens (primary N) is 1. The standard InChI is InChI=1S/C15H18N2O4S/c1-8-3-4-11(9(2)5-8)17-13(18)6-12(14(17)19)22-7-10(16)15(20)21/h3-5,10,12H,6-7,16H2,1-2H3,(H,20,21)/t10-,12-/m1/s1. The number of hydrogen-bond acceptors (Lipinski definition) is 5. The van der Waals surface area contributed by atoms with Gasteiger partial charge in [0, 0.05) is 12.2 Å². The van der Waals surface area contributed by atoms with E-state index in [1.54, 1.807) is 6.07 Å². The number of imide groups is 1. The summed E-state index contributed by atoms with van der Waals surface area (Å²) in [6, 6.07) is 4.49. The highest BCUT2D eigenvalue weighted by molar-refractivity contribution is 8.00. The molecule has 1 aromatic rings. The Hall–Kier alpha value is -1.86. The van der Waals surface area contributed by atoms with Crippen molar-refractivity contribution in [3.05, 3.63) is 29.3 Å². The van der Waals surface area contributed by atoms with Crippen LogP contribution in [-0.4, -0.2) is 39.9 Å². The molecule has 0 spiro atoms. The summed E-state index contributed by atoms with van der Waals surface area (Å²) in [4.78, 5) is 36.5. The quantitative estimate of drug-likeness (QED) is 0.787. The van der Waals surface area contributed by atoms with Crippen LogP contribution in [0.25, 0.3) is 0 Å². The maximum absolute atomic E-state index is 12.4. The summed E-state index contributed by atoms with van der Waals surface area (Å²) in [6.07, 6.45) is 0.0726. The van der Waals surface area contributed by atoms with Gasteiger partial charge in [0.05, 0.1) is 10.9 Å². The Balaban J connectivity index is 2.13. The van der Waals surface area contributed by atoms with E-state index in [1.165, 1.54) is 4.90 Å². The molecule has 0 unspecified atom stereocenters. The lowest BCUT2D eigenvalue weighted by Crippen LogP contribution is -2.35. The van der Waals surface area contributed by atoms with Gasteiger partial charge in [-0.2, -0.15) is 0 Å². The molecule has 3 N–H and O–H groups in total. The molecule has 0 saturated carbocycles. The van der Waals surface area contributed by atoms with Gasteiger partial charge >= 0.3 is 5.97 Å². The van der Waals surface area contributed by atoms with Crippen LogP contribution in [0, 0.1) is 13.8 Å². The first-order valence-electron chi connectivity index (χ1n) is 6.85. The number of carbonyl (C=O) groups is 3. The maximum Gasteiger partial charge on any atom is 0.321 e. The first-order chi connectivity index (χ1) is 10.3. The molecule has 1 saturated heterocycles. The zero-order valence-corrected chi connectivity index (χ0v) is 13.2. The molecule has 6 nitrogen and oxygen atoms in total. The molecule has 22 heavy (non-hydrogen) atoms. The van der Waals surface area contributed by atoms with Gasteiger partial charge in [-0.3, -0.25) is 14.4 Å². The van der Waals surface area contributed by atoms with Crippen LogP contribution in [0.2, 0.25) is 0 Å². The van der Waals surface area contributed by atoms with Crippen molar-refractivity contribution < 1.29 is 19.5 Å². The van der Waals surface area contributed by atoms with Gasteiger partial charge in [-0.25, -0.2) is 4.90 Å². The average Bonchev–Trinajstić information content (AvgIpc) is 2.71. The third-order valence-corrected chi connectivity index (χ3v) is 4.81. The monoisotopic (exact) mass is 322 g/mol. The fourth-order valence-electron chi connectivity index (χ4n) is 2.33. The number of anilines is 1. The Kier molecular flexibility index (Phi) is 4.87. The summed E-state index contributed by atoms with van der Waals surface area (Å²) in [5, 5.41) is 8.19. The fraction of sp³-hybridized carbons (Fsp3) is 0.400. The number of amides is 2. The molecule has 1 aromatic carbocycles. The molecule has 0 aromatic heterocycles. The van der Waals surface area contributed by atoms with E-state index in [-0.39, 0.29) is 24.0 Å². The Morgan fingerprint density at radius 2 is 2.14 bits per heavy atom. The van der Waals surface area contributed by atoms with Crippen molar-refractivity contribution in [2.24, 2.45) is 5.73 Å². The highest BCUT2D eigenvalue weighted by Crippen LogP contribution is 2.32. The lowest BCUT2D eigenvalue weighted by Gasteiger charge is -2.18. The molecule has 1 aliphatic heterocycles. The van der Waals surface area contributed by atoms with Crippen LogP contribution in [0.15, 0.2) is 18.2 Å². The summed E-state index contributed by atoms with van der Waals surface area (Å²) in [7, 11) is 0. The largest absolute Gasteiger partial charge is 0.480 e. The maximum atomic E-state index is 12.4. The number of carbonyl (C=O) groups excluding carboxylic acids is 2. The van der Waals surface area contributed by atoms with Crippen molar-refractivity contribution in [1.82, 2.24) is 0 Å². The molecule has 118 valence electrons. The van der Waals surface area contributed by atoms with Gasteiger partial charge in [0.15, 0.2) is 0 Å². The second-order valence-corrected chi connectivity index (χ2v) is 6.56. The van der Waals surface area contributed by atoms with Crippen LogP contribution in [-0.2, 0) is 14.4 Å². The lowest BCUT2D eigenvalue weighted by molar-refractivity contribution is -0.138. The molecule has 2 amide bonds. The molecule has 1 aliphatic rings. The molecule has 1 heterocycles. The van der Waals surface area contributed by atoms with Gasteiger partial charge in [0.2, 0.25) is 11.8 Å². The number of benzene rings is 1. The van der Waals surface area contributed by atoms with E-state index < -0.39 is 17.3 Å². The van der Waals surface area contributed by atoms with E-state index in [1.807, 2.05) is 26.0 Å². The van der Waals surface area contributed by atoms with Crippen molar-refractivity contribution in [2.75, 3.05) is 10.7 Å². The molecule has 0 aliphatic carbocycles. The van der Waals surface area contributed by atoms with Crippen LogP contribution < -0.4 is 10.6 Å². The van der Waals surface area contributed by atoms with Crippen LogP contribution in [0.4, 0.5) is 5.69 Å². The number of nitrogens with zero attached hydrogens (tertiary/aromatic N) is 1. The number of hydrogen-bond donors (Lipinski definition) is 2. The molecule has 0 radical (unpaired) electrons. The van der Waals surface area contributed by atoms with Crippen molar-refractivity contribution >= 4 is 35.2 Å². The third-order valence-electron chi connectivity index (χ3n) is 3.49. The first-order valence-corrected chi connectivity index (χ1v) is 7.90. The minimum Gasteiger partial charge on any atom is -0.480 e. The lowest BCUT2D eigenvalue weighted by atomic mass is 10.1. The number of carboxylic acids is 1. The first kappa shape index (κ1) is 16.5. The highest BCUT2D eigenvalue weighted by atomic mass is 32.2. The van der Waals surface area contributed by atoms with Crippen molar-refractivity contribution in [3.8, 4) is 0 Å². The van der Waals surface area contributed by atoms with E-state index in [2.05, 4.69) is 0 Å². The van der Waals surface area contributed by atoms with E-state index in [4.69, 9.17) is 10.8 Å². The smallest absolute Gasteiger partial charge is 0.321 e. The summed E-state index contributed by atoms with van der Waals surface area (Å²) >= 11 is 1.12. The summed E-state index contributed by atoms with van der Waals surface area (Å²) in [5.74, 6) is -1.59. The molecule has 0 bridgehead atoms. The molecule has 2 atom stereocenters. The van der Waals surface area contributed by atoms with E-state index in [0.717, 1.165) is 22.9 Å². The molecular weight excluding hydrogens is 304 g/mol. The average molecular weight is 322 g/mol. The van der Waals surface area contributed by atoms with Crippen LogP contribution in [0.3, 0.4) is 0 Å². The molecular formula is C15H18N2O4S. The third kappa shape index (κ3) is 3.31. The van der Waals surface area contributed by atoms with Gasteiger partial charge in [-0.1, -0.05) is 17.7 Å². The van der Waals surface area contributed by atoms with Gasteiger partial charge in [0.25, 0.3) is 0 Å². The van der Waals surface area contributed by atoms with Crippen molar-refractivity contribution in [3.63, 3.8) is 0 Å². The minimum absolute atomic E-state index is 0.0726. The number of aliphatic carboxylic acids is 1. The van der Waals surface area contributed by atoms with Gasteiger partial charge in [0.1, 0.15) is 6.04 Å². The van der Waals surface area contributed by atoms with Crippen LogP contribution in [0.1, 0.15) is 17.5 Å². The number of thioether (sulfide) groups is 1. The number of aryl methyl sites for hydroxylation is 2. The molecule has 1 fully saturated rings. The summed E-state index contributed by atoms with van der Waals surface area (Å²) < 4.78 is 0. The number of carboxylic acid groups (broad SMARTS) is 1. The number of rotatable bonds is 5. The second kappa shape index (κ2) is 6.50. The Labute approximate surface area is 132 Å². The molecule has 7 heteroatoms. The second-order valence-electron chi connectivity index (χ2n) is 5.33. The summed E-state index contributed by atoms with van der Waals surface area (Å²) in [5.41, 5.74) is 7.93. The van der Waals surface area contributed by atoms with E-state index in [9.17, 15) is 14.4 Å². The van der Waals surface area contributed by atoms with Gasteiger partial charge in [-0.05, 0) is 25.5 Å². The zero-order chi connectivity index (χ0) is 16.4. The van der Waals surface area contributed by atoms with Gasteiger partial charge < -0.3 is 10.8 Å². The van der Waals surface area contributed by atoms with Crippen LogP contribution in [0.5, 0.6) is 0 Å². The van der Waals surface area contributed by atoms with Gasteiger partial charge in [-0.15, -0.1) is 11.8 Å². The van der Waals surface area contributed by atoms with Crippen LogP contribution >= 0.6 is 11.8 Å². The predicted molar refractivity (Wildman–Crippen MR) is 84.9 cm³/mol. The van der Waals surface area contributed by atoms with E-state index >= 15 is 0 Å². The predicted octanol–water partition coefficient (Wildman–Crippen LogP) is 1.08. The summed E-state index contributed by atoms with van der Waals surface area (Å²) in [6.45, 7) is 3.79.